The van der Waals surface area contributed by atoms with E-state index in [4.69, 9.17) is 4.42 Å². The zero-order valence-electron chi connectivity index (χ0n) is 19.4. The third-order valence-electron chi connectivity index (χ3n) is 7.41. The number of carbonyl (C=O) groups excluding carboxylic acids is 1. The molecule has 33 heavy (non-hydrogen) atoms. The fraction of sp³-hybridized carbons (Fsp3) is 0.407. The average Bonchev–Trinajstić information content (AvgIpc) is 3.50. The molecule has 0 spiro atoms. The number of carbonyl (C=O) groups is 1. The Morgan fingerprint density at radius 3 is 2.73 bits per heavy atom. The van der Waals surface area contributed by atoms with E-state index in [-0.39, 0.29) is 17.5 Å². The maximum atomic E-state index is 14.0. The Morgan fingerprint density at radius 2 is 1.97 bits per heavy atom. The summed E-state index contributed by atoms with van der Waals surface area (Å²) in [5.41, 5.74) is 0.888. The Morgan fingerprint density at radius 1 is 1.15 bits per heavy atom. The monoisotopic (exact) mass is 462 g/mol. The van der Waals surface area contributed by atoms with E-state index in [9.17, 15) is 9.59 Å². The first kappa shape index (κ1) is 22.0. The molecule has 6 heteroatoms. The summed E-state index contributed by atoms with van der Waals surface area (Å²) in [6.07, 6.45) is 4.97. The summed E-state index contributed by atoms with van der Waals surface area (Å²) in [6, 6.07) is 13.7. The van der Waals surface area contributed by atoms with Crippen LogP contribution in [0.4, 0.5) is 0 Å². The first-order valence-corrected chi connectivity index (χ1v) is 12.7. The van der Waals surface area contributed by atoms with Gasteiger partial charge in [-0.05, 0) is 49.4 Å². The standard InChI is InChI=1S/C27H30N2O3S/c1-4-28-23-12-6-5-11-20(23)25-21(26(28)30)15-24(33-25)27(31)29(16-19-10-8-14-32-19)22-13-7-9-17(2)18(22)3/h5-6,8,10-12,14-15,17-18,22H,4,7,9,13,16H2,1-3H3. The van der Waals surface area contributed by atoms with Crippen LogP contribution in [0.5, 0.6) is 0 Å². The van der Waals surface area contributed by atoms with Gasteiger partial charge in [0.1, 0.15) is 5.76 Å². The Kier molecular flexibility index (Phi) is 5.87. The number of pyridine rings is 1. The van der Waals surface area contributed by atoms with Crippen molar-refractivity contribution in [3.63, 3.8) is 0 Å². The number of benzene rings is 1. The number of furan rings is 1. The van der Waals surface area contributed by atoms with Crippen LogP contribution in [0, 0.1) is 11.8 Å². The van der Waals surface area contributed by atoms with Gasteiger partial charge in [0.2, 0.25) is 0 Å². The molecule has 3 aromatic heterocycles. The van der Waals surface area contributed by atoms with E-state index in [1.54, 1.807) is 10.8 Å². The summed E-state index contributed by atoms with van der Waals surface area (Å²) in [4.78, 5) is 29.9. The van der Waals surface area contributed by atoms with Crippen LogP contribution in [0.3, 0.4) is 0 Å². The predicted molar refractivity (Wildman–Crippen MR) is 134 cm³/mol. The lowest BCUT2D eigenvalue weighted by atomic mass is 9.77. The van der Waals surface area contributed by atoms with E-state index in [0.29, 0.717) is 35.2 Å². The zero-order valence-corrected chi connectivity index (χ0v) is 20.2. The molecule has 1 saturated carbocycles. The summed E-state index contributed by atoms with van der Waals surface area (Å²) in [6.45, 7) is 7.56. The lowest BCUT2D eigenvalue weighted by Gasteiger charge is -2.41. The maximum absolute atomic E-state index is 14.0. The first-order chi connectivity index (χ1) is 16.0. The zero-order chi connectivity index (χ0) is 23.1. The normalized spacial score (nSPS) is 21.0. The van der Waals surface area contributed by atoms with Crippen molar-refractivity contribution < 1.29 is 9.21 Å². The molecule has 3 unspecified atom stereocenters. The Labute approximate surface area is 197 Å². The molecule has 1 aliphatic rings. The third kappa shape index (κ3) is 3.80. The van der Waals surface area contributed by atoms with Gasteiger partial charge in [0.05, 0.1) is 28.6 Å². The largest absolute Gasteiger partial charge is 0.467 e. The number of nitrogens with zero attached hydrogens (tertiary/aromatic N) is 2. The summed E-state index contributed by atoms with van der Waals surface area (Å²) < 4.78 is 8.32. The van der Waals surface area contributed by atoms with E-state index >= 15 is 0 Å². The van der Waals surface area contributed by atoms with Crippen LogP contribution in [-0.2, 0) is 13.1 Å². The average molecular weight is 463 g/mol. The number of fused-ring (bicyclic) bond motifs is 3. The molecule has 4 aromatic rings. The fourth-order valence-corrected chi connectivity index (χ4v) is 6.51. The van der Waals surface area contributed by atoms with Gasteiger partial charge in [-0.1, -0.05) is 44.9 Å². The van der Waals surface area contributed by atoms with Gasteiger partial charge in [0.15, 0.2) is 0 Å². The van der Waals surface area contributed by atoms with Crippen molar-refractivity contribution >= 4 is 38.2 Å². The van der Waals surface area contributed by atoms with Crippen molar-refractivity contribution in [3.05, 3.63) is 69.7 Å². The van der Waals surface area contributed by atoms with Crippen LogP contribution < -0.4 is 5.56 Å². The molecule has 0 bridgehead atoms. The minimum absolute atomic E-state index is 0.00919. The van der Waals surface area contributed by atoms with Crippen LogP contribution in [0.1, 0.15) is 55.5 Å². The number of hydrogen-bond donors (Lipinski definition) is 0. The van der Waals surface area contributed by atoms with Crippen LogP contribution in [0.25, 0.3) is 21.0 Å². The van der Waals surface area contributed by atoms with Crippen molar-refractivity contribution in [1.82, 2.24) is 9.47 Å². The Bertz CT molecular complexity index is 1350. The van der Waals surface area contributed by atoms with Crippen molar-refractivity contribution in [2.75, 3.05) is 0 Å². The minimum atomic E-state index is -0.0289. The molecule has 0 aliphatic heterocycles. The number of hydrogen-bond acceptors (Lipinski definition) is 4. The highest BCUT2D eigenvalue weighted by atomic mass is 32.1. The number of aromatic nitrogens is 1. The summed E-state index contributed by atoms with van der Waals surface area (Å²) >= 11 is 1.44. The molecular weight excluding hydrogens is 432 g/mol. The van der Waals surface area contributed by atoms with E-state index in [1.807, 2.05) is 54.3 Å². The molecule has 1 fully saturated rings. The molecule has 1 aliphatic carbocycles. The van der Waals surface area contributed by atoms with Crippen LogP contribution in [-0.4, -0.2) is 21.4 Å². The molecule has 172 valence electrons. The van der Waals surface area contributed by atoms with Gasteiger partial charge in [-0.3, -0.25) is 9.59 Å². The molecule has 0 N–H and O–H groups in total. The number of thiophene rings is 1. The summed E-state index contributed by atoms with van der Waals surface area (Å²) in [7, 11) is 0. The van der Waals surface area contributed by atoms with Gasteiger partial charge in [-0.15, -0.1) is 11.3 Å². The molecule has 0 saturated heterocycles. The molecule has 3 atom stereocenters. The molecule has 5 nitrogen and oxygen atoms in total. The van der Waals surface area contributed by atoms with Gasteiger partial charge in [-0.2, -0.15) is 0 Å². The van der Waals surface area contributed by atoms with E-state index in [1.165, 1.54) is 17.8 Å². The Hall–Kier alpha value is -2.86. The van der Waals surface area contributed by atoms with E-state index in [2.05, 4.69) is 13.8 Å². The summed E-state index contributed by atoms with van der Waals surface area (Å²) in [5.74, 6) is 1.75. The Balaban J connectivity index is 1.62. The van der Waals surface area contributed by atoms with Gasteiger partial charge < -0.3 is 13.9 Å². The van der Waals surface area contributed by atoms with Gasteiger partial charge in [-0.25, -0.2) is 0 Å². The molecule has 0 radical (unpaired) electrons. The third-order valence-corrected chi connectivity index (χ3v) is 8.56. The molecule has 1 aromatic carbocycles. The molecule has 5 rings (SSSR count). The van der Waals surface area contributed by atoms with E-state index in [0.717, 1.165) is 34.2 Å². The van der Waals surface area contributed by atoms with Crippen molar-refractivity contribution in [3.8, 4) is 0 Å². The molecule has 3 heterocycles. The lowest BCUT2D eigenvalue weighted by Crippen LogP contribution is -2.46. The lowest BCUT2D eigenvalue weighted by molar-refractivity contribution is 0.0432. The molecule has 1 amide bonds. The maximum Gasteiger partial charge on any atom is 0.264 e. The smallest absolute Gasteiger partial charge is 0.264 e. The van der Waals surface area contributed by atoms with Gasteiger partial charge in [0, 0.05) is 22.7 Å². The summed E-state index contributed by atoms with van der Waals surface area (Å²) in [5, 5.41) is 1.65. The number of amides is 1. The van der Waals surface area contributed by atoms with Crippen molar-refractivity contribution in [2.45, 2.75) is 59.2 Å². The van der Waals surface area contributed by atoms with E-state index < -0.39 is 0 Å². The fourth-order valence-electron chi connectivity index (χ4n) is 5.37. The topological polar surface area (TPSA) is 55.5 Å². The van der Waals surface area contributed by atoms with Crippen molar-refractivity contribution in [1.29, 1.82) is 0 Å². The van der Waals surface area contributed by atoms with Gasteiger partial charge >= 0.3 is 0 Å². The van der Waals surface area contributed by atoms with Crippen LogP contribution in [0.2, 0.25) is 0 Å². The van der Waals surface area contributed by atoms with Gasteiger partial charge in [0.25, 0.3) is 11.5 Å². The highest BCUT2D eigenvalue weighted by molar-refractivity contribution is 7.21. The SMILES string of the molecule is CCn1c(=O)c2cc(C(=O)N(Cc3ccco3)C3CCCC(C)C3C)sc2c2ccccc21. The van der Waals surface area contributed by atoms with Crippen LogP contribution >= 0.6 is 11.3 Å². The second-order valence-corrected chi connectivity index (χ2v) is 10.3. The quantitative estimate of drug-likeness (QED) is 0.350. The van der Waals surface area contributed by atoms with Crippen molar-refractivity contribution in [2.24, 2.45) is 11.8 Å². The second kappa shape index (κ2) is 8.82. The number of para-hydroxylation sites is 1. The highest BCUT2D eigenvalue weighted by Crippen LogP contribution is 2.36. The second-order valence-electron chi connectivity index (χ2n) is 9.27. The minimum Gasteiger partial charge on any atom is -0.467 e. The predicted octanol–water partition coefficient (Wildman–Crippen LogP) is 6.30. The molecular formula is C27H30N2O3S. The van der Waals surface area contributed by atoms with Crippen LogP contribution in [0.15, 0.2) is 57.9 Å². The highest BCUT2D eigenvalue weighted by Gasteiger charge is 2.35. The first-order valence-electron chi connectivity index (χ1n) is 11.9. The number of rotatable bonds is 5. The number of aryl methyl sites for hydroxylation is 1.